The molecule has 1 aliphatic rings. The number of aromatic nitrogens is 2. The number of nitrogens with zero attached hydrogens (tertiary/aromatic N) is 3. The van der Waals surface area contributed by atoms with Crippen molar-refractivity contribution in [3.05, 3.63) is 58.3 Å². The lowest BCUT2D eigenvalue weighted by atomic mass is 9.96. The Bertz CT molecular complexity index is 817. The van der Waals surface area contributed by atoms with Crippen molar-refractivity contribution in [3.8, 4) is 5.69 Å². The van der Waals surface area contributed by atoms with Gasteiger partial charge in [-0.1, -0.05) is 6.92 Å². The average molecular weight is 395 g/mol. The van der Waals surface area contributed by atoms with Gasteiger partial charge in [-0.2, -0.15) is 9.78 Å². The van der Waals surface area contributed by atoms with E-state index in [4.69, 9.17) is 0 Å². The van der Waals surface area contributed by atoms with Crippen LogP contribution in [0, 0.1) is 11.7 Å². The second-order valence-corrected chi connectivity index (χ2v) is 6.49. The summed E-state index contributed by atoms with van der Waals surface area (Å²) >= 11 is 0. The Morgan fingerprint density at radius 3 is 2.48 bits per heavy atom. The van der Waals surface area contributed by atoms with E-state index in [0.29, 0.717) is 24.7 Å². The molecule has 1 fully saturated rings. The Morgan fingerprint density at radius 1 is 1.19 bits per heavy atom. The summed E-state index contributed by atoms with van der Waals surface area (Å²) in [6.07, 6.45) is 1.91. The molecule has 1 aromatic heterocycles. The quantitative estimate of drug-likeness (QED) is 0.844. The molecule has 1 N–H and O–H groups in total. The van der Waals surface area contributed by atoms with Crippen LogP contribution in [-0.4, -0.2) is 46.8 Å². The molecule has 0 aliphatic carbocycles. The molecule has 0 unspecified atom stereocenters. The van der Waals surface area contributed by atoms with Crippen LogP contribution in [0.2, 0.25) is 0 Å². The summed E-state index contributed by atoms with van der Waals surface area (Å²) < 4.78 is 14.2. The summed E-state index contributed by atoms with van der Waals surface area (Å²) in [6, 6.07) is 8.21. The number of benzene rings is 1. The van der Waals surface area contributed by atoms with Crippen molar-refractivity contribution in [3.63, 3.8) is 0 Å². The van der Waals surface area contributed by atoms with Crippen LogP contribution >= 0.6 is 12.4 Å². The first kappa shape index (κ1) is 21.1. The number of hydrogen-bond acceptors (Lipinski definition) is 4. The smallest absolute Gasteiger partial charge is 0.274 e. The summed E-state index contributed by atoms with van der Waals surface area (Å²) in [5, 5.41) is 7.54. The number of hydrogen-bond donors (Lipinski definition) is 1. The van der Waals surface area contributed by atoms with Gasteiger partial charge >= 0.3 is 0 Å². The summed E-state index contributed by atoms with van der Waals surface area (Å²) in [5.74, 6) is 0.0114. The number of amides is 1. The van der Waals surface area contributed by atoms with Crippen LogP contribution in [0.4, 0.5) is 4.39 Å². The minimum atomic E-state index is -0.394. The predicted octanol–water partition coefficient (Wildman–Crippen LogP) is 2.26. The predicted molar refractivity (Wildman–Crippen MR) is 104 cm³/mol. The Morgan fingerprint density at radius 2 is 1.85 bits per heavy atom. The first-order chi connectivity index (χ1) is 12.6. The van der Waals surface area contributed by atoms with Crippen molar-refractivity contribution in [1.29, 1.82) is 0 Å². The van der Waals surface area contributed by atoms with Crippen LogP contribution in [0.3, 0.4) is 0 Å². The van der Waals surface area contributed by atoms with Crippen molar-refractivity contribution in [2.45, 2.75) is 19.8 Å². The first-order valence-electron chi connectivity index (χ1n) is 8.95. The van der Waals surface area contributed by atoms with Crippen molar-refractivity contribution < 1.29 is 9.18 Å². The number of carbonyl (C=O) groups excluding carboxylic acids is 1. The topological polar surface area (TPSA) is 67.2 Å². The zero-order valence-corrected chi connectivity index (χ0v) is 16.0. The molecule has 0 spiro atoms. The SMILES string of the molecule is CCNCC1CCN(C(=O)c2ccc(=O)n(-c3ccc(F)cc3)n2)CC1.Cl. The molecule has 1 saturated heterocycles. The fourth-order valence-corrected chi connectivity index (χ4v) is 3.14. The summed E-state index contributed by atoms with van der Waals surface area (Å²) in [6.45, 7) is 5.39. The lowest BCUT2D eigenvalue weighted by Crippen LogP contribution is -2.41. The zero-order chi connectivity index (χ0) is 18.5. The van der Waals surface area contributed by atoms with E-state index >= 15 is 0 Å². The van der Waals surface area contributed by atoms with E-state index in [2.05, 4.69) is 17.3 Å². The first-order valence-corrected chi connectivity index (χ1v) is 8.95. The van der Waals surface area contributed by atoms with Gasteiger partial charge in [-0.05, 0) is 62.2 Å². The third-order valence-electron chi connectivity index (χ3n) is 4.68. The van der Waals surface area contributed by atoms with E-state index in [-0.39, 0.29) is 29.6 Å². The van der Waals surface area contributed by atoms with Gasteiger partial charge in [0, 0.05) is 19.2 Å². The Kier molecular flexibility index (Phi) is 7.50. The normalized spacial score (nSPS) is 14.7. The van der Waals surface area contributed by atoms with Gasteiger partial charge in [0.25, 0.3) is 11.5 Å². The fourth-order valence-electron chi connectivity index (χ4n) is 3.14. The number of carbonyl (C=O) groups is 1. The molecule has 2 aromatic rings. The molecule has 6 nitrogen and oxygen atoms in total. The summed E-state index contributed by atoms with van der Waals surface area (Å²) in [7, 11) is 0. The minimum Gasteiger partial charge on any atom is -0.337 e. The lowest BCUT2D eigenvalue weighted by molar-refractivity contribution is 0.0682. The maximum atomic E-state index is 13.1. The van der Waals surface area contributed by atoms with Crippen LogP contribution < -0.4 is 10.9 Å². The second kappa shape index (κ2) is 9.62. The monoisotopic (exact) mass is 394 g/mol. The van der Waals surface area contributed by atoms with Crippen molar-refractivity contribution >= 4 is 18.3 Å². The third kappa shape index (κ3) is 5.14. The highest BCUT2D eigenvalue weighted by Crippen LogP contribution is 2.18. The molecule has 0 saturated carbocycles. The maximum Gasteiger partial charge on any atom is 0.274 e. The molecule has 0 bridgehead atoms. The molecule has 8 heteroatoms. The lowest BCUT2D eigenvalue weighted by Gasteiger charge is -2.31. The van der Waals surface area contributed by atoms with Crippen molar-refractivity contribution in [2.75, 3.05) is 26.2 Å². The van der Waals surface area contributed by atoms with Crippen molar-refractivity contribution in [1.82, 2.24) is 20.0 Å². The molecular formula is C19H24ClFN4O2. The minimum absolute atomic E-state index is 0. The van der Waals surface area contributed by atoms with Gasteiger partial charge in [-0.15, -0.1) is 12.4 Å². The van der Waals surface area contributed by atoms with Gasteiger partial charge in [0.05, 0.1) is 5.69 Å². The molecule has 2 heterocycles. The molecule has 0 atom stereocenters. The Hall–Kier alpha value is -2.25. The second-order valence-electron chi connectivity index (χ2n) is 6.49. The van der Waals surface area contributed by atoms with E-state index < -0.39 is 5.82 Å². The van der Waals surface area contributed by atoms with Gasteiger partial charge in [0.2, 0.25) is 0 Å². The highest BCUT2D eigenvalue weighted by molar-refractivity contribution is 5.92. The Balaban J connectivity index is 0.00000261. The highest BCUT2D eigenvalue weighted by atomic mass is 35.5. The zero-order valence-electron chi connectivity index (χ0n) is 15.2. The number of halogens is 2. The largest absolute Gasteiger partial charge is 0.337 e. The molecular weight excluding hydrogens is 371 g/mol. The van der Waals surface area contributed by atoms with Crippen LogP contribution in [0.25, 0.3) is 5.69 Å². The van der Waals surface area contributed by atoms with Crippen LogP contribution in [-0.2, 0) is 0 Å². The van der Waals surface area contributed by atoms with Gasteiger partial charge in [0.1, 0.15) is 11.5 Å². The number of piperidine rings is 1. The van der Waals surface area contributed by atoms with Crippen LogP contribution in [0.5, 0.6) is 0 Å². The fraction of sp³-hybridized carbons (Fsp3) is 0.421. The number of likely N-dealkylation sites (tertiary alicyclic amines) is 1. The van der Waals surface area contributed by atoms with Gasteiger partial charge < -0.3 is 10.2 Å². The third-order valence-corrected chi connectivity index (χ3v) is 4.68. The molecule has 1 aromatic carbocycles. The van der Waals surface area contributed by atoms with Gasteiger partial charge in [-0.3, -0.25) is 9.59 Å². The van der Waals surface area contributed by atoms with E-state index in [1.807, 2.05) is 0 Å². The standard InChI is InChI=1S/C19H23FN4O2.ClH/c1-2-21-13-14-9-11-23(12-10-14)19(26)17-7-8-18(25)24(22-17)16-5-3-15(20)4-6-16;/h3-8,14,21H,2,9-13H2,1H3;1H. The Labute approximate surface area is 163 Å². The van der Waals surface area contributed by atoms with Crippen LogP contribution in [0.1, 0.15) is 30.3 Å². The van der Waals surface area contributed by atoms with E-state index in [0.717, 1.165) is 30.6 Å². The average Bonchev–Trinajstić information content (AvgIpc) is 2.67. The van der Waals surface area contributed by atoms with E-state index in [1.54, 1.807) is 4.90 Å². The summed E-state index contributed by atoms with van der Waals surface area (Å²) in [5.41, 5.74) is 0.284. The van der Waals surface area contributed by atoms with Crippen molar-refractivity contribution in [2.24, 2.45) is 5.92 Å². The molecule has 1 aliphatic heterocycles. The molecule has 0 radical (unpaired) electrons. The molecule has 1 amide bonds. The van der Waals surface area contributed by atoms with Crippen LogP contribution in [0.15, 0.2) is 41.2 Å². The number of nitrogens with one attached hydrogen (secondary N) is 1. The molecule has 27 heavy (non-hydrogen) atoms. The molecule has 146 valence electrons. The molecule has 3 rings (SSSR count). The van der Waals surface area contributed by atoms with E-state index in [9.17, 15) is 14.0 Å². The summed E-state index contributed by atoms with van der Waals surface area (Å²) in [4.78, 5) is 26.6. The highest BCUT2D eigenvalue weighted by Gasteiger charge is 2.24. The van der Waals surface area contributed by atoms with Gasteiger partial charge in [0.15, 0.2) is 0 Å². The van der Waals surface area contributed by atoms with E-state index in [1.165, 1.54) is 36.4 Å². The maximum absolute atomic E-state index is 13.1. The van der Waals surface area contributed by atoms with Gasteiger partial charge in [-0.25, -0.2) is 4.39 Å². The number of rotatable bonds is 5.